The molecule has 1 aromatic rings. The van der Waals surface area contributed by atoms with E-state index in [0.717, 1.165) is 17.7 Å². The fourth-order valence-electron chi connectivity index (χ4n) is 1.36. The SMILES string of the molecule is CCC(C#N)Nc1ccccc1COC. The molecule has 0 saturated carbocycles. The Morgan fingerprint density at radius 2 is 2.20 bits per heavy atom. The summed E-state index contributed by atoms with van der Waals surface area (Å²) in [4.78, 5) is 0. The molecule has 0 bridgehead atoms. The van der Waals surface area contributed by atoms with Crippen LogP contribution in [0.1, 0.15) is 18.9 Å². The number of hydrogen-bond acceptors (Lipinski definition) is 3. The largest absolute Gasteiger partial charge is 0.380 e. The van der Waals surface area contributed by atoms with Crippen LogP contribution in [0.3, 0.4) is 0 Å². The predicted molar refractivity (Wildman–Crippen MR) is 60.5 cm³/mol. The van der Waals surface area contributed by atoms with Gasteiger partial charge < -0.3 is 10.1 Å². The zero-order valence-electron chi connectivity index (χ0n) is 9.16. The van der Waals surface area contributed by atoms with Crippen molar-refractivity contribution in [2.75, 3.05) is 12.4 Å². The molecular formula is C12H16N2O. The number of methoxy groups -OCH3 is 1. The van der Waals surface area contributed by atoms with Crippen molar-refractivity contribution in [2.45, 2.75) is 26.0 Å². The average molecular weight is 204 g/mol. The van der Waals surface area contributed by atoms with Gasteiger partial charge in [0.25, 0.3) is 0 Å². The molecule has 3 nitrogen and oxygen atoms in total. The zero-order chi connectivity index (χ0) is 11.1. The topological polar surface area (TPSA) is 45.0 Å². The molecule has 0 spiro atoms. The first-order valence-corrected chi connectivity index (χ1v) is 5.04. The molecule has 0 aliphatic heterocycles. The van der Waals surface area contributed by atoms with E-state index in [9.17, 15) is 0 Å². The van der Waals surface area contributed by atoms with Gasteiger partial charge in [-0.15, -0.1) is 0 Å². The van der Waals surface area contributed by atoms with Gasteiger partial charge in [0.1, 0.15) is 6.04 Å². The lowest BCUT2D eigenvalue weighted by molar-refractivity contribution is 0.185. The Morgan fingerprint density at radius 1 is 1.47 bits per heavy atom. The van der Waals surface area contributed by atoms with E-state index < -0.39 is 0 Å². The molecule has 0 saturated heterocycles. The molecule has 3 heteroatoms. The molecule has 0 fully saturated rings. The van der Waals surface area contributed by atoms with Crippen molar-refractivity contribution in [2.24, 2.45) is 0 Å². The third-order valence-corrected chi connectivity index (χ3v) is 2.21. The van der Waals surface area contributed by atoms with Crippen molar-refractivity contribution in [3.63, 3.8) is 0 Å². The third kappa shape index (κ3) is 3.26. The van der Waals surface area contributed by atoms with Gasteiger partial charge in [0.05, 0.1) is 12.7 Å². The fourth-order valence-corrected chi connectivity index (χ4v) is 1.36. The number of para-hydroxylation sites is 1. The monoisotopic (exact) mass is 204 g/mol. The van der Waals surface area contributed by atoms with Gasteiger partial charge in [0.15, 0.2) is 0 Å². The van der Waals surface area contributed by atoms with Crippen molar-refractivity contribution >= 4 is 5.69 Å². The van der Waals surface area contributed by atoms with Crippen LogP contribution in [0.15, 0.2) is 24.3 Å². The van der Waals surface area contributed by atoms with E-state index in [2.05, 4.69) is 11.4 Å². The second kappa shape index (κ2) is 6.05. The van der Waals surface area contributed by atoms with Crippen LogP contribution >= 0.6 is 0 Å². The van der Waals surface area contributed by atoms with Gasteiger partial charge in [-0.05, 0) is 12.5 Å². The number of hydrogen-bond donors (Lipinski definition) is 1. The third-order valence-electron chi connectivity index (χ3n) is 2.21. The first kappa shape index (κ1) is 11.5. The summed E-state index contributed by atoms with van der Waals surface area (Å²) in [5.74, 6) is 0. The lowest BCUT2D eigenvalue weighted by atomic mass is 10.1. The minimum Gasteiger partial charge on any atom is -0.380 e. The summed E-state index contributed by atoms with van der Waals surface area (Å²) < 4.78 is 5.09. The van der Waals surface area contributed by atoms with E-state index in [1.165, 1.54) is 0 Å². The summed E-state index contributed by atoms with van der Waals surface area (Å²) in [5.41, 5.74) is 2.06. The smallest absolute Gasteiger partial charge is 0.114 e. The Bertz CT molecular complexity index is 344. The maximum atomic E-state index is 8.86. The van der Waals surface area contributed by atoms with Gasteiger partial charge in [-0.2, -0.15) is 5.26 Å². The molecule has 1 rings (SSSR count). The standard InChI is InChI=1S/C12H16N2O/c1-3-11(8-13)14-12-7-5-4-6-10(12)9-15-2/h4-7,11,14H,3,9H2,1-2H3. The molecule has 0 radical (unpaired) electrons. The van der Waals surface area contributed by atoms with Gasteiger partial charge in [0, 0.05) is 18.4 Å². The predicted octanol–water partition coefficient (Wildman–Crippen LogP) is 2.55. The molecule has 0 heterocycles. The molecule has 1 unspecified atom stereocenters. The molecule has 0 aliphatic rings. The van der Waals surface area contributed by atoms with E-state index >= 15 is 0 Å². The van der Waals surface area contributed by atoms with Crippen LogP contribution in [0, 0.1) is 11.3 Å². The second-order valence-corrected chi connectivity index (χ2v) is 3.32. The van der Waals surface area contributed by atoms with E-state index in [1.54, 1.807) is 7.11 Å². The van der Waals surface area contributed by atoms with E-state index in [1.807, 2.05) is 31.2 Å². The average Bonchev–Trinajstić information content (AvgIpc) is 2.28. The van der Waals surface area contributed by atoms with Crippen LogP contribution in [0.2, 0.25) is 0 Å². The number of nitrogens with zero attached hydrogens (tertiary/aromatic N) is 1. The van der Waals surface area contributed by atoms with Crippen molar-refractivity contribution in [3.05, 3.63) is 29.8 Å². The Kier molecular flexibility index (Phi) is 4.65. The summed E-state index contributed by atoms with van der Waals surface area (Å²) in [7, 11) is 1.67. The Balaban J connectivity index is 2.79. The minimum atomic E-state index is -0.136. The fraction of sp³-hybridized carbons (Fsp3) is 0.417. The molecule has 1 atom stereocenters. The first-order chi connectivity index (χ1) is 7.31. The summed E-state index contributed by atoms with van der Waals surface area (Å²) in [6.07, 6.45) is 0.790. The number of ether oxygens (including phenoxy) is 1. The maximum absolute atomic E-state index is 8.86. The number of nitriles is 1. The minimum absolute atomic E-state index is 0.136. The molecule has 0 aliphatic carbocycles. The molecular weight excluding hydrogens is 188 g/mol. The van der Waals surface area contributed by atoms with Gasteiger partial charge in [0.2, 0.25) is 0 Å². The lowest BCUT2D eigenvalue weighted by Gasteiger charge is -2.14. The summed E-state index contributed by atoms with van der Waals surface area (Å²) in [6.45, 7) is 2.55. The van der Waals surface area contributed by atoms with Gasteiger partial charge in [-0.1, -0.05) is 25.1 Å². The van der Waals surface area contributed by atoms with Crippen molar-refractivity contribution in [1.82, 2.24) is 0 Å². The second-order valence-electron chi connectivity index (χ2n) is 3.32. The summed E-state index contributed by atoms with van der Waals surface area (Å²) in [6, 6.07) is 9.96. The molecule has 1 N–H and O–H groups in total. The van der Waals surface area contributed by atoms with Crippen LogP contribution in [0.5, 0.6) is 0 Å². The van der Waals surface area contributed by atoms with Crippen LogP contribution < -0.4 is 5.32 Å². The van der Waals surface area contributed by atoms with E-state index in [-0.39, 0.29) is 6.04 Å². The Labute approximate surface area is 90.7 Å². The van der Waals surface area contributed by atoms with Crippen molar-refractivity contribution in [3.8, 4) is 6.07 Å². The molecule has 0 amide bonds. The zero-order valence-corrected chi connectivity index (χ0v) is 9.16. The number of benzene rings is 1. The number of rotatable bonds is 5. The van der Waals surface area contributed by atoms with Crippen LogP contribution in [0.4, 0.5) is 5.69 Å². The molecule has 15 heavy (non-hydrogen) atoms. The first-order valence-electron chi connectivity index (χ1n) is 5.04. The Hall–Kier alpha value is -1.53. The van der Waals surface area contributed by atoms with Crippen LogP contribution in [0.25, 0.3) is 0 Å². The maximum Gasteiger partial charge on any atom is 0.114 e. The van der Waals surface area contributed by atoms with Crippen LogP contribution in [-0.4, -0.2) is 13.2 Å². The number of anilines is 1. The highest BCUT2D eigenvalue weighted by Crippen LogP contribution is 2.17. The molecule has 0 aromatic heterocycles. The highest BCUT2D eigenvalue weighted by Gasteiger charge is 2.06. The van der Waals surface area contributed by atoms with E-state index in [4.69, 9.17) is 10.00 Å². The summed E-state index contributed by atoms with van der Waals surface area (Å²) in [5, 5.41) is 12.1. The summed E-state index contributed by atoms with van der Waals surface area (Å²) >= 11 is 0. The van der Waals surface area contributed by atoms with Crippen molar-refractivity contribution < 1.29 is 4.74 Å². The van der Waals surface area contributed by atoms with Gasteiger partial charge in [-0.25, -0.2) is 0 Å². The lowest BCUT2D eigenvalue weighted by Crippen LogP contribution is -2.16. The number of nitrogens with one attached hydrogen (secondary N) is 1. The van der Waals surface area contributed by atoms with Gasteiger partial charge >= 0.3 is 0 Å². The Morgan fingerprint density at radius 3 is 2.80 bits per heavy atom. The van der Waals surface area contributed by atoms with Crippen molar-refractivity contribution in [1.29, 1.82) is 5.26 Å². The highest BCUT2D eigenvalue weighted by atomic mass is 16.5. The van der Waals surface area contributed by atoms with Crippen LogP contribution in [-0.2, 0) is 11.3 Å². The van der Waals surface area contributed by atoms with Gasteiger partial charge in [-0.3, -0.25) is 0 Å². The molecule has 80 valence electrons. The highest BCUT2D eigenvalue weighted by molar-refractivity contribution is 5.52. The molecule has 1 aromatic carbocycles. The van der Waals surface area contributed by atoms with E-state index in [0.29, 0.717) is 6.61 Å². The quantitative estimate of drug-likeness (QED) is 0.801. The normalized spacial score (nSPS) is 11.8.